The smallest absolute Gasteiger partial charge is 0.222 e. The van der Waals surface area contributed by atoms with Crippen molar-refractivity contribution >= 4 is 5.91 Å². The lowest BCUT2D eigenvalue weighted by molar-refractivity contribution is -0.124. The summed E-state index contributed by atoms with van der Waals surface area (Å²) in [6.45, 7) is 4.20. The number of hydrogen-bond acceptors (Lipinski definition) is 4. The molecule has 0 aromatic rings. The van der Waals surface area contributed by atoms with Crippen molar-refractivity contribution in [1.82, 2.24) is 5.32 Å². The number of unbranched alkanes of at least 4 members (excludes halogenated alkanes) is 29. The van der Waals surface area contributed by atoms with Gasteiger partial charge in [-0.2, -0.15) is 0 Å². The summed E-state index contributed by atoms with van der Waals surface area (Å²) < 4.78 is 0. The lowest BCUT2D eigenvalue weighted by Gasteiger charge is -2.21. The van der Waals surface area contributed by atoms with Gasteiger partial charge in [0.25, 0.3) is 0 Å². The third-order valence-corrected chi connectivity index (χ3v) is 10.2. The van der Waals surface area contributed by atoms with Crippen molar-refractivity contribution in [1.29, 1.82) is 0 Å². The molecule has 0 saturated carbocycles. The molecule has 3 unspecified atom stereocenters. The van der Waals surface area contributed by atoms with Crippen LogP contribution in [0, 0.1) is 0 Å². The number of carbonyl (C=O) groups is 1. The first-order chi connectivity index (χ1) is 24.5. The lowest BCUT2D eigenvalue weighted by atomic mass is 10.0. The van der Waals surface area contributed by atoms with Gasteiger partial charge >= 0.3 is 0 Å². The van der Waals surface area contributed by atoms with E-state index in [0.717, 1.165) is 25.7 Å². The monoisotopic (exact) mass is 706 g/mol. The van der Waals surface area contributed by atoms with Gasteiger partial charge in [-0.25, -0.2) is 0 Å². The van der Waals surface area contributed by atoms with Gasteiger partial charge in [0.2, 0.25) is 5.91 Å². The molecule has 296 valence electrons. The first-order valence-corrected chi connectivity index (χ1v) is 22.1. The number of amides is 1. The Morgan fingerprint density at radius 3 is 1.22 bits per heavy atom. The van der Waals surface area contributed by atoms with Crippen LogP contribution < -0.4 is 5.32 Å². The number of allylic oxidation sites excluding steroid dienone is 3. The molecule has 0 heterocycles. The van der Waals surface area contributed by atoms with E-state index in [1.165, 1.54) is 180 Å². The summed E-state index contributed by atoms with van der Waals surface area (Å²) in [7, 11) is 0. The molecular weight excluding hydrogens is 618 g/mol. The molecule has 0 bridgehead atoms. The van der Waals surface area contributed by atoms with Crippen molar-refractivity contribution in [3.05, 3.63) is 24.3 Å². The zero-order chi connectivity index (χ0) is 36.6. The van der Waals surface area contributed by atoms with Crippen LogP contribution in [-0.4, -0.2) is 46.1 Å². The van der Waals surface area contributed by atoms with Crippen molar-refractivity contribution in [2.45, 2.75) is 250 Å². The van der Waals surface area contributed by atoms with Crippen LogP contribution in [0.25, 0.3) is 0 Å². The van der Waals surface area contributed by atoms with E-state index in [1.807, 2.05) is 6.08 Å². The van der Waals surface area contributed by atoms with Crippen LogP contribution >= 0.6 is 0 Å². The largest absolute Gasteiger partial charge is 0.394 e. The molecule has 0 aliphatic carbocycles. The van der Waals surface area contributed by atoms with Crippen molar-refractivity contribution in [2.24, 2.45) is 0 Å². The normalized spacial score (nSPS) is 13.8. The molecule has 4 N–H and O–H groups in total. The molecule has 0 saturated heterocycles. The summed E-state index contributed by atoms with van der Waals surface area (Å²) in [5.74, 6) is -0.317. The topological polar surface area (TPSA) is 89.8 Å². The van der Waals surface area contributed by atoms with Gasteiger partial charge in [-0.15, -0.1) is 0 Å². The molecule has 0 aliphatic heterocycles. The molecule has 3 atom stereocenters. The quantitative estimate of drug-likeness (QED) is 0.0377. The third-order valence-electron chi connectivity index (χ3n) is 10.2. The second-order valence-electron chi connectivity index (χ2n) is 15.3. The molecule has 5 nitrogen and oxygen atoms in total. The van der Waals surface area contributed by atoms with Gasteiger partial charge < -0.3 is 20.6 Å². The maximum absolute atomic E-state index is 12.4. The van der Waals surface area contributed by atoms with Gasteiger partial charge in [0.05, 0.1) is 31.3 Å². The van der Waals surface area contributed by atoms with Gasteiger partial charge in [0.15, 0.2) is 0 Å². The van der Waals surface area contributed by atoms with Gasteiger partial charge in [-0.05, 0) is 44.9 Å². The molecule has 0 fully saturated rings. The second kappa shape index (κ2) is 40.6. The zero-order valence-electron chi connectivity index (χ0n) is 33.5. The van der Waals surface area contributed by atoms with Crippen LogP contribution in [0.3, 0.4) is 0 Å². The molecule has 0 aromatic heterocycles. The Balaban J connectivity index is 3.57. The highest BCUT2D eigenvalue weighted by atomic mass is 16.3. The molecule has 50 heavy (non-hydrogen) atoms. The van der Waals surface area contributed by atoms with Crippen LogP contribution in [0.5, 0.6) is 0 Å². The highest BCUT2D eigenvalue weighted by Gasteiger charge is 2.20. The minimum absolute atomic E-state index is 0.0137. The Kier molecular flexibility index (Phi) is 39.6. The molecule has 0 rings (SSSR count). The predicted molar refractivity (Wildman–Crippen MR) is 218 cm³/mol. The summed E-state index contributed by atoms with van der Waals surface area (Å²) in [5, 5.41) is 33.1. The van der Waals surface area contributed by atoms with Crippen molar-refractivity contribution in [2.75, 3.05) is 6.61 Å². The summed E-state index contributed by atoms with van der Waals surface area (Å²) in [6, 6.07) is -0.741. The molecular formula is C45H87NO4. The predicted octanol–water partition coefficient (Wildman–Crippen LogP) is 12.6. The maximum Gasteiger partial charge on any atom is 0.222 e. The summed E-state index contributed by atoms with van der Waals surface area (Å²) in [6.07, 6.45) is 49.0. The van der Waals surface area contributed by atoms with Crippen LogP contribution in [0.4, 0.5) is 0 Å². The highest BCUT2D eigenvalue weighted by Crippen LogP contribution is 2.15. The Bertz CT molecular complexity index is 739. The van der Waals surface area contributed by atoms with Gasteiger partial charge in [0.1, 0.15) is 0 Å². The second-order valence-corrected chi connectivity index (χ2v) is 15.3. The van der Waals surface area contributed by atoms with Crippen molar-refractivity contribution in [3.63, 3.8) is 0 Å². The summed E-state index contributed by atoms with van der Waals surface area (Å²) in [4.78, 5) is 12.4. The number of nitrogens with one attached hydrogen (secondary N) is 1. The molecule has 0 spiro atoms. The van der Waals surface area contributed by atoms with Crippen LogP contribution in [0.2, 0.25) is 0 Å². The van der Waals surface area contributed by atoms with E-state index >= 15 is 0 Å². The van der Waals surface area contributed by atoms with Crippen LogP contribution in [-0.2, 0) is 4.79 Å². The SMILES string of the molecule is CCCCCCCCCC/C=C/C(O)C(CO)NC(=O)CC(O)CCCCCCCCCCC/C=C\CCCCCCCCCCCCCC. The molecule has 0 radical (unpaired) electrons. The Hall–Kier alpha value is -1.17. The lowest BCUT2D eigenvalue weighted by Crippen LogP contribution is -2.45. The number of rotatable bonds is 40. The van der Waals surface area contributed by atoms with Crippen LogP contribution in [0.15, 0.2) is 24.3 Å². The Morgan fingerprint density at radius 2 is 0.840 bits per heavy atom. The first kappa shape index (κ1) is 48.8. The fourth-order valence-electron chi connectivity index (χ4n) is 6.81. The molecule has 0 aliphatic rings. The fraction of sp³-hybridized carbons (Fsp3) is 0.889. The minimum atomic E-state index is -0.925. The van der Waals surface area contributed by atoms with E-state index in [0.29, 0.717) is 6.42 Å². The first-order valence-electron chi connectivity index (χ1n) is 22.1. The summed E-state index contributed by atoms with van der Waals surface area (Å²) in [5.41, 5.74) is 0. The number of carbonyl (C=O) groups excluding carboxylic acids is 1. The third kappa shape index (κ3) is 36.6. The minimum Gasteiger partial charge on any atom is -0.394 e. The number of aliphatic hydroxyl groups excluding tert-OH is 3. The number of hydrogen-bond donors (Lipinski definition) is 4. The average molecular weight is 706 g/mol. The molecule has 1 amide bonds. The average Bonchev–Trinajstić information content (AvgIpc) is 3.11. The van der Waals surface area contributed by atoms with Crippen LogP contribution in [0.1, 0.15) is 232 Å². The van der Waals surface area contributed by atoms with E-state index < -0.39 is 18.2 Å². The number of aliphatic hydroxyl groups is 3. The van der Waals surface area contributed by atoms with E-state index in [2.05, 4.69) is 31.3 Å². The van der Waals surface area contributed by atoms with E-state index in [9.17, 15) is 20.1 Å². The van der Waals surface area contributed by atoms with E-state index in [1.54, 1.807) is 6.08 Å². The standard InChI is InChI=1S/C45H87NO4/c1-3-5-7-9-11-13-15-16-17-18-19-20-21-22-23-24-25-26-27-28-29-30-32-34-36-38-42(48)40-45(50)46-43(41-47)44(49)39-37-35-33-31-14-12-10-8-6-4-2/h22-23,37,39,42-44,47-49H,3-21,24-36,38,40-41H2,1-2H3,(H,46,50)/b23-22-,39-37+. The Labute approximate surface area is 312 Å². The van der Waals surface area contributed by atoms with E-state index in [4.69, 9.17) is 0 Å². The van der Waals surface area contributed by atoms with E-state index in [-0.39, 0.29) is 18.9 Å². The van der Waals surface area contributed by atoms with Gasteiger partial charge in [-0.1, -0.05) is 205 Å². The Morgan fingerprint density at radius 1 is 0.500 bits per heavy atom. The maximum atomic E-state index is 12.4. The highest BCUT2D eigenvalue weighted by molar-refractivity contribution is 5.76. The van der Waals surface area contributed by atoms with Gasteiger partial charge in [0, 0.05) is 0 Å². The summed E-state index contributed by atoms with van der Waals surface area (Å²) >= 11 is 0. The van der Waals surface area contributed by atoms with Gasteiger partial charge in [-0.3, -0.25) is 4.79 Å². The van der Waals surface area contributed by atoms with Crippen molar-refractivity contribution in [3.8, 4) is 0 Å². The van der Waals surface area contributed by atoms with Crippen molar-refractivity contribution < 1.29 is 20.1 Å². The zero-order valence-corrected chi connectivity index (χ0v) is 33.5. The molecule has 5 heteroatoms. The molecule has 0 aromatic carbocycles. The fourth-order valence-corrected chi connectivity index (χ4v) is 6.81.